The predicted octanol–water partition coefficient (Wildman–Crippen LogP) is 0.991. The van der Waals surface area contributed by atoms with Crippen molar-refractivity contribution in [2.24, 2.45) is 0 Å². The zero-order chi connectivity index (χ0) is 17.7. The number of hydrogen-bond donors (Lipinski definition) is 3. The largest absolute Gasteiger partial charge is 0.481 e. The van der Waals surface area contributed by atoms with Crippen LogP contribution < -0.4 is 10.0 Å². The molecular weight excluding hydrogens is 334 g/mol. The Kier molecular flexibility index (Phi) is 5.66. The van der Waals surface area contributed by atoms with E-state index in [4.69, 9.17) is 5.11 Å². The highest BCUT2D eigenvalue weighted by Crippen LogP contribution is 2.26. The monoisotopic (exact) mass is 355 g/mol. The quantitative estimate of drug-likeness (QED) is 0.658. The third-order valence-electron chi connectivity index (χ3n) is 3.69. The molecule has 0 saturated heterocycles. The van der Waals surface area contributed by atoms with Gasteiger partial charge in [0, 0.05) is 26.1 Å². The number of sulfonamides is 1. The van der Waals surface area contributed by atoms with Crippen LogP contribution in [-0.2, 0) is 27.8 Å². The predicted molar refractivity (Wildman–Crippen MR) is 89.3 cm³/mol. The smallest absolute Gasteiger partial charge is 0.317 e. The molecule has 1 aliphatic heterocycles. The molecule has 1 aliphatic rings. The fraction of sp³-hybridized carbons (Fsp3) is 0.467. The molecule has 2 rings (SSSR count). The van der Waals surface area contributed by atoms with Crippen molar-refractivity contribution in [3.05, 3.63) is 29.3 Å². The Morgan fingerprint density at radius 2 is 2.08 bits per heavy atom. The maximum absolute atomic E-state index is 12.1. The molecule has 2 amide bonds. The number of nitrogens with zero attached hydrogens (tertiary/aromatic N) is 1. The normalized spacial score (nSPS) is 14.0. The van der Waals surface area contributed by atoms with Gasteiger partial charge >= 0.3 is 12.0 Å². The van der Waals surface area contributed by atoms with Crippen molar-refractivity contribution in [2.45, 2.75) is 25.8 Å². The maximum Gasteiger partial charge on any atom is 0.317 e. The summed E-state index contributed by atoms with van der Waals surface area (Å²) in [6.07, 6.45) is 2.06. The van der Waals surface area contributed by atoms with E-state index in [9.17, 15) is 18.0 Å². The second-order valence-corrected chi connectivity index (χ2v) is 7.47. The summed E-state index contributed by atoms with van der Waals surface area (Å²) in [5.74, 6) is -0.887. The fourth-order valence-electron chi connectivity index (χ4n) is 2.62. The average molecular weight is 355 g/mol. The summed E-state index contributed by atoms with van der Waals surface area (Å²) in [6.45, 7) is 1.17. The molecule has 0 radical (unpaired) electrons. The van der Waals surface area contributed by atoms with Crippen LogP contribution in [0.25, 0.3) is 0 Å². The molecule has 0 saturated carbocycles. The Bertz CT molecular complexity index is 733. The lowest BCUT2D eigenvalue weighted by Crippen LogP contribution is -2.43. The van der Waals surface area contributed by atoms with Crippen LogP contribution in [0.5, 0.6) is 0 Å². The van der Waals surface area contributed by atoms with Crippen LogP contribution >= 0.6 is 0 Å². The standard InChI is InChI=1S/C15H21N3O5S/c1-24(22,23)17-13-5-2-4-11-10-18(9-7-12(11)13)15(21)16-8-3-6-14(19)20/h2,4-5,17H,3,6-10H2,1H3,(H,16,21)(H,19,20). The zero-order valence-corrected chi connectivity index (χ0v) is 14.2. The molecule has 0 aromatic heterocycles. The van der Waals surface area contributed by atoms with Crippen LogP contribution in [0.3, 0.4) is 0 Å². The van der Waals surface area contributed by atoms with Crippen LogP contribution in [0.2, 0.25) is 0 Å². The highest BCUT2D eigenvalue weighted by Gasteiger charge is 2.23. The van der Waals surface area contributed by atoms with Crippen molar-refractivity contribution in [1.82, 2.24) is 10.2 Å². The Hall–Kier alpha value is -2.29. The highest BCUT2D eigenvalue weighted by atomic mass is 32.2. The van der Waals surface area contributed by atoms with Gasteiger partial charge in [-0.25, -0.2) is 13.2 Å². The first-order valence-corrected chi connectivity index (χ1v) is 9.48. The Labute approximate surface area is 140 Å². The van der Waals surface area contributed by atoms with E-state index in [1.807, 2.05) is 6.07 Å². The second-order valence-electron chi connectivity index (χ2n) is 5.72. The van der Waals surface area contributed by atoms with Crippen molar-refractivity contribution in [3.63, 3.8) is 0 Å². The van der Waals surface area contributed by atoms with Gasteiger partial charge in [-0.15, -0.1) is 0 Å². The van der Waals surface area contributed by atoms with Gasteiger partial charge in [0.1, 0.15) is 0 Å². The highest BCUT2D eigenvalue weighted by molar-refractivity contribution is 7.92. The third kappa shape index (κ3) is 5.12. The molecule has 0 aliphatic carbocycles. The molecule has 8 nitrogen and oxygen atoms in total. The first-order valence-electron chi connectivity index (χ1n) is 7.59. The molecule has 1 heterocycles. The lowest BCUT2D eigenvalue weighted by atomic mass is 9.98. The number of fused-ring (bicyclic) bond motifs is 1. The van der Waals surface area contributed by atoms with Crippen molar-refractivity contribution in [2.75, 3.05) is 24.1 Å². The maximum atomic E-state index is 12.1. The van der Waals surface area contributed by atoms with Gasteiger partial charge in [0.2, 0.25) is 10.0 Å². The van der Waals surface area contributed by atoms with Gasteiger partial charge in [0.05, 0.1) is 11.9 Å². The summed E-state index contributed by atoms with van der Waals surface area (Å²) in [5.41, 5.74) is 2.35. The fourth-order valence-corrected chi connectivity index (χ4v) is 3.22. The summed E-state index contributed by atoms with van der Waals surface area (Å²) in [7, 11) is -3.35. The van der Waals surface area contributed by atoms with E-state index >= 15 is 0 Å². The number of carboxylic acids is 1. The summed E-state index contributed by atoms with van der Waals surface area (Å²) in [4.78, 5) is 24.2. The molecule has 1 aromatic rings. The van der Waals surface area contributed by atoms with E-state index in [-0.39, 0.29) is 12.5 Å². The Morgan fingerprint density at radius 1 is 1.33 bits per heavy atom. The minimum atomic E-state index is -3.35. The van der Waals surface area contributed by atoms with Crippen LogP contribution in [0.15, 0.2) is 18.2 Å². The number of rotatable bonds is 6. The first-order chi connectivity index (χ1) is 11.3. The number of carbonyl (C=O) groups is 2. The molecule has 0 bridgehead atoms. The average Bonchev–Trinajstić information content (AvgIpc) is 2.49. The number of anilines is 1. The van der Waals surface area contributed by atoms with Gasteiger partial charge in [-0.3, -0.25) is 9.52 Å². The number of aliphatic carboxylic acids is 1. The van der Waals surface area contributed by atoms with Gasteiger partial charge in [-0.1, -0.05) is 12.1 Å². The molecule has 3 N–H and O–H groups in total. The summed E-state index contributed by atoms with van der Waals surface area (Å²) in [6, 6.07) is 5.09. The SMILES string of the molecule is CS(=O)(=O)Nc1cccc2c1CCN(C(=O)NCCCC(=O)O)C2. The van der Waals surface area contributed by atoms with Crippen LogP contribution in [0.4, 0.5) is 10.5 Å². The second kappa shape index (κ2) is 7.52. The van der Waals surface area contributed by atoms with E-state index < -0.39 is 16.0 Å². The number of carbonyl (C=O) groups excluding carboxylic acids is 1. The zero-order valence-electron chi connectivity index (χ0n) is 13.4. The minimum absolute atomic E-state index is 0.0175. The van der Waals surface area contributed by atoms with Gasteiger partial charge in [0.15, 0.2) is 0 Å². The van der Waals surface area contributed by atoms with E-state index in [1.165, 1.54) is 0 Å². The molecule has 0 fully saturated rings. The van der Waals surface area contributed by atoms with Gasteiger partial charge < -0.3 is 15.3 Å². The molecule has 132 valence electrons. The lowest BCUT2D eigenvalue weighted by Gasteiger charge is -2.30. The number of amides is 2. The molecule has 0 unspecified atom stereocenters. The molecule has 9 heteroatoms. The summed E-state index contributed by atoms with van der Waals surface area (Å²) >= 11 is 0. The van der Waals surface area contributed by atoms with Crippen molar-refractivity contribution in [3.8, 4) is 0 Å². The van der Waals surface area contributed by atoms with E-state index in [2.05, 4.69) is 10.0 Å². The van der Waals surface area contributed by atoms with Gasteiger partial charge in [-0.2, -0.15) is 0 Å². The van der Waals surface area contributed by atoms with Gasteiger partial charge in [-0.05, 0) is 30.0 Å². The van der Waals surface area contributed by atoms with Crippen molar-refractivity contribution < 1.29 is 23.1 Å². The Balaban J connectivity index is 1.98. The van der Waals surface area contributed by atoms with E-state index in [0.717, 1.165) is 17.4 Å². The lowest BCUT2D eigenvalue weighted by molar-refractivity contribution is -0.137. The topological polar surface area (TPSA) is 116 Å². The van der Waals surface area contributed by atoms with E-state index in [0.29, 0.717) is 38.2 Å². The molecule has 1 aromatic carbocycles. The van der Waals surface area contributed by atoms with Crippen LogP contribution in [0, 0.1) is 0 Å². The number of nitrogens with one attached hydrogen (secondary N) is 2. The molecular formula is C15H21N3O5S. The summed E-state index contributed by atoms with van der Waals surface area (Å²) < 4.78 is 25.4. The summed E-state index contributed by atoms with van der Waals surface area (Å²) in [5, 5.41) is 11.3. The molecule has 0 spiro atoms. The molecule has 24 heavy (non-hydrogen) atoms. The van der Waals surface area contributed by atoms with E-state index in [1.54, 1.807) is 17.0 Å². The third-order valence-corrected chi connectivity index (χ3v) is 4.28. The number of carboxylic acid groups (broad SMARTS) is 1. The Morgan fingerprint density at radius 3 is 2.75 bits per heavy atom. The number of hydrogen-bond acceptors (Lipinski definition) is 4. The number of urea groups is 1. The van der Waals surface area contributed by atoms with Crippen LogP contribution in [0.1, 0.15) is 24.0 Å². The molecule has 0 atom stereocenters. The number of benzene rings is 1. The van der Waals surface area contributed by atoms with Crippen LogP contribution in [-0.4, -0.2) is 49.8 Å². The van der Waals surface area contributed by atoms with Gasteiger partial charge in [0.25, 0.3) is 0 Å². The first kappa shape index (κ1) is 18.1. The van der Waals surface area contributed by atoms with Crippen molar-refractivity contribution in [1.29, 1.82) is 0 Å². The minimum Gasteiger partial charge on any atom is -0.481 e. The van der Waals surface area contributed by atoms with Crippen molar-refractivity contribution >= 4 is 27.7 Å².